The molecule has 0 atom stereocenters. The molecule has 1 aromatic rings. The normalized spacial score (nSPS) is 9.08. The average Bonchev–Trinajstić information content (AvgIpc) is 2.18. The lowest BCUT2D eigenvalue weighted by Gasteiger charge is -2.02. The summed E-state index contributed by atoms with van der Waals surface area (Å²) in [6.07, 6.45) is 0. The molecule has 1 nitrogen and oxygen atoms in total. The minimum Gasteiger partial charge on any atom is -0.392 e. The number of halogens is 2. The van der Waals surface area contributed by atoms with E-state index in [0.29, 0.717) is 5.56 Å². The van der Waals surface area contributed by atoms with E-state index >= 15 is 0 Å². The predicted molar refractivity (Wildman–Crippen MR) is 48.4 cm³/mol. The fraction of sp³-hybridized carbons (Fsp3) is 0.400. The molecule has 0 saturated carbocycles. The average molecular weight is 188 g/mol. The van der Waals surface area contributed by atoms with Crippen molar-refractivity contribution in [2.45, 2.75) is 27.4 Å². The van der Waals surface area contributed by atoms with Gasteiger partial charge in [-0.25, -0.2) is 8.78 Å². The van der Waals surface area contributed by atoms with Crippen LogP contribution < -0.4 is 0 Å². The Morgan fingerprint density at radius 2 is 1.77 bits per heavy atom. The molecule has 1 aromatic carbocycles. The van der Waals surface area contributed by atoms with E-state index in [9.17, 15) is 8.78 Å². The van der Waals surface area contributed by atoms with Crippen LogP contribution in [0.3, 0.4) is 0 Å². The highest BCUT2D eigenvalue weighted by Crippen LogP contribution is 2.15. The van der Waals surface area contributed by atoms with E-state index < -0.39 is 11.6 Å². The van der Waals surface area contributed by atoms with E-state index in [2.05, 4.69) is 0 Å². The Labute approximate surface area is 77.0 Å². The van der Waals surface area contributed by atoms with Gasteiger partial charge in [-0.3, -0.25) is 0 Å². The molecule has 0 aliphatic rings. The van der Waals surface area contributed by atoms with Crippen LogP contribution in [-0.2, 0) is 6.61 Å². The summed E-state index contributed by atoms with van der Waals surface area (Å²) in [5.74, 6) is -1.75. The first-order chi connectivity index (χ1) is 6.16. The van der Waals surface area contributed by atoms with E-state index in [1.807, 2.05) is 13.8 Å². The van der Waals surface area contributed by atoms with Crippen molar-refractivity contribution in [3.8, 4) is 0 Å². The van der Waals surface area contributed by atoms with Gasteiger partial charge in [0.1, 0.15) is 0 Å². The zero-order chi connectivity index (χ0) is 10.4. The number of benzene rings is 1. The second-order valence-corrected chi connectivity index (χ2v) is 2.30. The predicted octanol–water partition coefficient (Wildman–Crippen LogP) is 2.79. The van der Waals surface area contributed by atoms with Gasteiger partial charge in [-0.15, -0.1) is 0 Å². The minimum absolute atomic E-state index is 0.174. The van der Waals surface area contributed by atoms with Crippen LogP contribution in [0.15, 0.2) is 12.1 Å². The van der Waals surface area contributed by atoms with Gasteiger partial charge in [0.05, 0.1) is 6.61 Å². The summed E-state index contributed by atoms with van der Waals surface area (Å²) in [6.45, 7) is 5.17. The Morgan fingerprint density at radius 3 is 2.23 bits per heavy atom. The molecular weight excluding hydrogens is 174 g/mol. The van der Waals surface area contributed by atoms with Gasteiger partial charge in [0.25, 0.3) is 0 Å². The van der Waals surface area contributed by atoms with Gasteiger partial charge in [0.2, 0.25) is 0 Å². The van der Waals surface area contributed by atoms with E-state index in [1.54, 1.807) is 0 Å². The molecule has 0 aliphatic carbocycles. The van der Waals surface area contributed by atoms with Crippen molar-refractivity contribution in [2.24, 2.45) is 0 Å². The van der Waals surface area contributed by atoms with Crippen molar-refractivity contribution in [3.05, 3.63) is 34.9 Å². The fourth-order valence-corrected chi connectivity index (χ4v) is 0.863. The Kier molecular flexibility index (Phi) is 5.23. The SMILES string of the molecule is CC.Cc1c(CO)ccc(F)c1F. The van der Waals surface area contributed by atoms with Gasteiger partial charge in [0.15, 0.2) is 11.6 Å². The zero-order valence-corrected chi connectivity index (χ0v) is 8.06. The monoisotopic (exact) mass is 188 g/mol. The molecule has 0 amide bonds. The molecule has 0 aliphatic heterocycles. The maximum absolute atomic E-state index is 12.7. The summed E-state index contributed by atoms with van der Waals surface area (Å²) >= 11 is 0. The second kappa shape index (κ2) is 5.65. The number of hydrogen-bond donors (Lipinski definition) is 1. The van der Waals surface area contributed by atoms with Crippen LogP contribution in [0.5, 0.6) is 0 Å². The van der Waals surface area contributed by atoms with Crippen LogP contribution in [-0.4, -0.2) is 5.11 Å². The minimum atomic E-state index is -0.878. The maximum atomic E-state index is 12.7. The highest BCUT2D eigenvalue weighted by atomic mass is 19.2. The first kappa shape index (κ1) is 12.0. The Hall–Kier alpha value is -0.960. The van der Waals surface area contributed by atoms with Gasteiger partial charge in [-0.2, -0.15) is 0 Å². The zero-order valence-electron chi connectivity index (χ0n) is 8.06. The van der Waals surface area contributed by atoms with E-state index in [-0.39, 0.29) is 12.2 Å². The highest BCUT2D eigenvalue weighted by molar-refractivity contribution is 5.27. The summed E-state index contributed by atoms with van der Waals surface area (Å²) < 4.78 is 25.1. The van der Waals surface area contributed by atoms with Gasteiger partial charge < -0.3 is 5.11 Å². The summed E-state index contributed by atoms with van der Waals surface area (Å²) in [4.78, 5) is 0. The molecule has 74 valence electrons. The molecule has 0 heterocycles. The summed E-state index contributed by atoms with van der Waals surface area (Å²) in [5, 5.41) is 8.64. The number of rotatable bonds is 1. The third kappa shape index (κ3) is 2.77. The van der Waals surface area contributed by atoms with Crippen molar-refractivity contribution in [1.29, 1.82) is 0 Å². The van der Waals surface area contributed by atoms with Crippen molar-refractivity contribution < 1.29 is 13.9 Å². The van der Waals surface area contributed by atoms with Gasteiger partial charge in [0, 0.05) is 0 Å². The molecule has 0 fully saturated rings. The van der Waals surface area contributed by atoms with Crippen molar-refractivity contribution >= 4 is 0 Å². The van der Waals surface area contributed by atoms with Crippen molar-refractivity contribution in [3.63, 3.8) is 0 Å². The smallest absolute Gasteiger partial charge is 0.162 e. The van der Waals surface area contributed by atoms with Crippen molar-refractivity contribution in [1.82, 2.24) is 0 Å². The van der Waals surface area contributed by atoms with Gasteiger partial charge in [-0.05, 0) is 24.1 Å². The maximum Gasteiger partial charge on any atom is 0.162 e. The Morgan fingerprint density at radius 1 is 1.23 bits per heavy atom. The Balaban J connectivity index is 0.000000671. The van der Waals surface area contributed by atoms with E-state index in [4.69, 9.17) is 5.11 Å². The summed E-state index contributed by atoms with van der Waals surface area (Å²) in [6, 6.07) is 2.38. The molecule has 0 bridgehead atoms. The number of hydrogen-bond acceptors (Lipinski definition) is 1. The highest BCUT2D eigenvalue weighted by Gasteiger charge is 2.07. The second-order valence-electron chi connectivity index (χ2n) is 2.30. The van der Waals surface area contributed by atoms with Crippen LogP contribution >= 0.6 is 0 Å². The Bertz CT molecular complexity index is 272. The summed E-state index contributed by atoms with van der Waals surface area (Å²) in [7, 11) is 0. The quantitative estimate of drug-likeness (QED) is 0.718. The number of aliphatic hydroxyl groups excluding tert-OH is 1. The molecule has 0 radical (unpaired) electrons. The fourth-order valence-electron chi connectivity index (χ4n) is 0.863. The van der Waals surface area contributed by atoms with E-state index in [1.165, 1.54) is 13.0 Å². The lowest BCUT2D eigenvalue weighted by atomic mass is 10.1. The first-order valence-corrected chi connectivity index (χ1v) is 4.21. The molecule has 0 spiro atoms. The van der Waals surface area contributed by atoms with Crippen molar-refractivity contribution in [2.75, 3.05) is 0 Å². The van der Waals surface area contributed by atoms with Gasteiger partial charge in [-0.1, -0.05) is 19.9 Å². The van der Waals surface area contributed by atoms with Gasteiger partial charge >= 0.3 is 0 Å². The molecule has 1 rings (SSSR count). The lowest BCUT2D eigenvalue weighted by Crippen LogP contribution is -1.95. The topological polar surface area (TPSA) is 20.2 Å². The molecule has 0 unspecified atom stereocenters. The van der Waals surface area contributed by atoms with Crippen LogP contribution in [0.2, 0.25) is 0 Å². The largest absolute Gasteiger partial charge is 0.392 e. The number of aliphatic hydroxyl groups is 1. The summed E-state index contributed by atoms with van der Waals surface area (Å²) in [5.41, 5.74) is 0.594. The van der Waals surface area contributed by atoms with Crippen LogP contribution in [0.25, 0.3) is 0 Å². The third-order valence-electron chi connectivity index (χ3n) is 1.62. The first-order valence-electron chi connectivity index (χ1n) is 4.21. The molecule has 13 heavy (non-hydrogen) atoms. The molecule has 0 aromatic heterocycles. The van der Waals surface area contributed by atoms with Crippen LogP contribution in [0.4, 0.5) is 8.78 Å². The molecule has 0 saturated heterocycles. The van der Waals surface area contributed by atoms with Crippen LogP contribution in [0, 0.1) is 18.6 Å². The lowest BCUT2D eigenvalue weighted by molar-refractivity contribution is 0.280. The third-order valence-corrected chi connectivity index (χ3v) is 1.62. The molecule has 3 heteroatoms. The van der Waals surface area contributed by atoms with E-state index in [0.717, 1.165) is 6.07 Å². The van der Waals surface area contributed by atoms with Crippen LogP contribution in [0.1, 0.15) is 25.0 Å². The molecule has 1 N–H and O–H groups in total. The molecular formula is C10H14F2O. The standard InChI is InChI=1S/C8H8F2O.C2H6/c1-5-6(4-11)2-3-7(9)8(5)10;1-2/h2-3,11H,4H2,1H3;1-2H3.